The summed E-state index contributed by atoms with van der Waals surface area (Å²) >= 11 is 0. The molecule has 1 aromatic rings. The second kappa shape index (κ2) is 3.38. The fourth-order valence-corrected chi connectivity index (χ4v) is 1.56. The Labute approximate surface area is 87.7 Å². The van der Waals surface area contributed by atoms with Gasteiger partial charge in [-0.15, -0.1) is 0 Å². The predicted molar refractivity (Wildman–Crippen MR) is 57.8 cm³/mol. The monoisotopic (exact) mass is 204 g/mol. The van der Waals surface area contributed by atoms with E-state index in [1.165, 1.54) is 0 Å². The number of fused-ring (bicyclic) bond motifs is 1. The highest BCUT2D eigenvalue weighted by molar-refractivity contribution is 6.13. The van der Waals surface area contributed by atoms with Crippen molar-refractivity contribution in [1.29, 1.82) is 0 Å². The summed E-state index contributed by atoms with van der Waals surface area (Å²) in [6, 6.07) is 3.74. The van der Waals surface area contributed by atoms with Crippen LogP contribution in [0, 0.1) is 13.8 Å². The number of carbonyl (C=O) groups excluding carboxylic acids is 2. The average molecular weight is 204 g/mol. The van der Waals surface area contributed by atoms with Crippen molar-refractivity contribution in [3.05, 3.63) is 23.3 Å². The van der Waals surface area contributed by atoms with E-state index < -0.39 is 0 Å². The van der Waals surface area contributed by atoms with Crippen LogP contribution in [-0.2, 0) is 9.59 Å². The van der Waals surface area contributed by atoms with Gasteiger partial charge in [0.1, 0.15) is 6.42 Å². The summed E-state index contributed by atoms with van der Waals surface area (Å²) in [7, 11) is 0. The Morgan fingerprint density at radius 1 is 0.933 bits per heavy atom. The molecule has 2 amide bonds. The van der Waals surface area contributed by atoms with E-state index in [4.69, 9.17) is 0 Å². The summed E-state index contributed by atoms with van der Waals surface area (Å²) in [6.07, 6.45) is -0.118. The molecule has 15 heavy (non-hydrogen) atoms. The Hall–Kier alpha value is -1.84. The molecule has 0 saturated carbocycles. The second-order valence-electron chi connectivity index (χ2n) is 3.76. The number of amides is 2. The molecule has 0 atom stereocenters. The number of nitrogens with one attached hydrogen (secondary N) is 2. The van der Waals surface area contributed by atoms with Gasteiger partial charge >= 0.3 is 0 Å². The average Bonchev–Trinajstić information content (AvgIpc) is 2.24. The van der Waals surface area contributed by atoms with Crippen LogP contribution in [-0.4, -0.2) is 11.8 Å². The maximum atomic E-state index is 11.3. The first-order valence-electron chi connectivity index (χ1n) is 4.77. The summed E-state index contributed by atoms with van der Waals surface area (Å²) in [5.74, 6) is -0.538. The number of rotatable bonds is 0. The van der Waals surface area contributed by atoms with Gasteiger partial charge in [-0.2, -0.15) is 0 Å². The molecule has 0 radical (unpaired) electrons. The Morgan fingerprint density at radius 2 is 1.33 bits per heavy atom. The van der Waals surface area contributed by atoms with E-state index in [1.54, 1.807) is 0 Å². The van der Waals surface area contributed by atoms with Crippen molar-refractivity contribution < 1.29 is 9.59 Å². The van der Waals surface area contributed by atoms with Crippen LogP contribution in [0.4, 0.5) is 11.4 Å². The van der Waals surface area contributed by atoms with Crippen LogP contribution in [0.5, 0.6) is 0 Å². The van der Waals surface area contributed by atoms with Gasteiger partial charge in [-0.25, -0.2) is 0 Å². The van der Waals surface area contributed by atoms with Gasteiger partial charge in [0.25, 0.3) is 0 Å². The minimum Gasteiger partial charge on any atom is -0.324 e. The van der Waals surface area contributed by atoms with Gasteiger partial charge in [0.2, 0.25) is 11.8 Å². The molecule has 78 valence electrons. The van der Waals surface area contributed by atoms with Crippen molar-refractivity contribution >= 4 is 23.2 Å². The lowest BCUT2D eigenvalue weighted by atomic mass is 10.1. The van der Waals surface area contributed by atoms with Crippen molar-refractivity contribution in [3.8, 4) is 0 Å². The molecule has 1 aromatic carbocycles. The fourth-order valence-electron chi connectivity index (χ4n) is 1.56. The number of hydrogen-bond donors (Lipinski definition) is 2. The molecule has 1 heterocycles. The minimum atomic E-state index is -0.269. The van der Waals surface area contributed by atoms with E-state index in [9.17, 15) is 9.59 Å². The normalized spacial score (nSPS) is 15.1. The molecule has 4 nitrogen and oxygen atoms in total. The molecule has 0 aliphatic carbocycles. The zero-order chi connectivity index (χ0) is 11.0. The van der Waals surface area contributed by atoms with Crippen molar-refractivity contribution in [2.24, 2.45) is 0 Å². The molecule has 0 bridgehead atoms. The first-order valence-corrected chi connectivity index (χ1v) is 4.77. The lowest BCUT2D eigenvalue weighted by Crippen LogP contribution is -2.16. The van der Waals surface area contributed by atoms with Crippen molar-refractivity contribution in [1.82, 2.24) is 0 Å². The molecule has 2 rings (SSSR count). The third-order valence-electron chi connectivity index (χ3n) is 2.50. The van der Waals surface area contributed by atoms with E-state index >= 15 is 0 Å². The number of hydrogen-bond acceptors (Lipinski definition) is 2. The van der Waals surface area contributed by atoms with Crippen molar-refractivity contribution in [2.75, 3.05) is 10.6 Å². The summed E-state index contributed by atoms with van der Waals surface area (Å²) in [5, 5.41) is 5.40. The van der Waals surface area contributed by atoms with Gasteiger partial charge in [-0.3, -0.25) is 9.59 Å². The number of benzene rings is 1. The van der Waals surface area contributed by atoms with E-state index in [0.717, 1.165) is 11.1 Å². The molecule has 0 saturated heterocycles. The van der Waals surface area contributed by atoms with E-state index in [0.29, 0.717) is 11.4 Å². The summed E-state index contributed by atoms with van der Waals surface area (Å²) < 4.78 is 0. The summed E-state index contributed by atoms with van der Waals surface area (Å²) in [6.45, 7) is 3.93. The zero-order valence-electron chi connectivity index (χ0n) is 8.68. The molecule has 0 spiro atoms. The molecular formula is C11H12N2O2. The highest BCUT2D eigenvalue weighted by Gasteiger charge is 2.18. The van der Waals surface area contributed by atoms with Gasteiger partial charge < -0.3 is 10.6 Å². The first kappa shape index (κ1) is 9.71. The standard InChI is InChI=1S/C11H12N2O2/c1-6-3-8-9(4-7(6)2)13-11(15)5-10(14)12-8/h3-4H,5H2,1-2H3,(H,12,14)(H,13,15). The van der Waals surface area contributed by atoms with Gasteiger partial charge in [0.15, 0.2) is 0 Å². The van der Waals surface area contributed by atoms with Crippen molar-refractivity contribution in [3.63, 3.8) is 0 Å². The third-order valence-corrected chi connectivity index (χ3v) is 2.50. The maximum Gasteiger partial charge on any atom is 0.233 e. The van der Waals surface area contributed by atoms with Crippen LogP contribution in [0.25, 0.3) is 0 Å². The highest BCUT2D eigenvalue weighted by Crippen LogP contribution is 2.27. The van der Waals surface area contributed by atoms with Gasteiger partial charge in [-0.1, -0.05) is 0 Å². The van der Waals surface area contributed by atoms with Gasteiger partial charge in [-0.05, 0) is 37.1 Å². The Kier molecular flexibility index (Phi) is 2.19. The van der Waals surface area contributed by atoms with Crippen LogP contribution in [0.15, 0.2) is 12.1 Å². The molecule has 0 unspecified atom stereocenters. The summed E-state index contributed by atoms with van der Waals surface area (Å²) in [4.78, 5) is 22.6. The fraction of sp³-hybridized carbons (Fsp3) is 0.273. The number of carbonyl (C=O) groups is 2. The van der Waals surface area contributed by atoms with Gasteiger partial charge in [0, 0.05) is 0 Å². The van der Waals surface area contributed by atoms with Crippen molar-refractivity contribution in [2.45, 2.75) is 20.3 Å². The Balaban J connectivity index is 2.51. The highest BCUT2D eigenvalue weighted by atomic mass is 16.2. The SMILES string of the molecule is Cc1cc2c(cc1C)NC(=O)CC(=O)N2. The largest absolute Gasteiger partial charge is 0.324 e. The quantitative estimate of drug-likeness (QED) is 0.630. The third kappa shape index (κ3) is 1.83. The zero-order valence-corrected chi connectivity index (χ0v) is 8.68. The maximum absolute atomic E-state index is 11.3. The van der Waals surface area contributed by atoms with E-state index in [2.05, 4.69) is 10.6 Å². The molecule has 1 aliphatic rings. The molecule has 0 aromatic heterocycles. The predicted octanol–water partition coefficient (Wildman–Crippen LogP) is 1.58. The van der Waals surface area contributed by atoms with E-state index in [1.807, 2.05) is 26.0 Å². The summed E-state index contributed by atoms with van der Waals surface area (Å²) in [5.41, 5.74) is 3.53. The van der Waals surface area contributed by atoms with Crippen LogP contribution in [0.2, 0.25) is 0 Å². The first-order chi connectivity index (χ1) is 7.06. The second-order valence-corrected chi connectivity index (χ2v) is 3.76. The Bertz CT molecular complexity index is 411. The lowest BCUT2D eigenvalue weighted by Gasteiger charge is -2.10. The Morgan fingerprint density at radius 3 is 1.73 bits per heavy atom. The van der Waals surface area contributed by atoms with Crippen LogP contribution in [0.1, 0.15) is 17.5 Å². The molecule has 4 heteroatoms. The van der Waals surface area contributed by atoms with Crippen LogP contribution in [0.3, 0.4) is 0 Å². The van der Waals surface area contributed by atoms with Crippen LogP contribution < -0.4 is 10.6 Å². The number of aryl methyl sites for hydroxylation is 2. The topological polar surface area (TPSA) is 58.2 Å². The molecular weight excluding hydrogens is 192 g/mol. The van der Waals surface area contributed by atoms with Gasteiger partial charge in [0.05, 0.1) is 11.4 Å². The van der Waals surface area contributed by atoms with E-state index in [-0.39, 0.29) is 18.2 Å². The molecule has 2 N–H and O–H groups in total. The molecule has 0 fully saturated rings. The van der Waals surface area contributed by atoms with Crippen LogP contribution >= 0.6 is 0 Å². The minimum absolute atomic E-state index is 0.118. The molecule has 1 aliphatic heterocycles. The lowest BCUT2D eigenvalue weighted by molar-refractivity contribution is -0.123. The number of anilines is 2. The smallest absolute Gasteiger partial charge is 0.233 e.